The molecule has 2 heterocycles. The van der Waals surface area contributed by atoms with Crippen molar-refractivity contribution in [3.8, 4) is 28.6 Å². The number of methoxy groups -OCH3 is 2. The van der Waals surface area contributed by atoms with Crippen molar-refractivity contribution in [2.75, 3.05) is 20.5 Å². The van der Waals surface area contributed by atoms with Crippen LogP contribution in [0.3, 0.4) is 0 Å². The molecular weight excluding hydrogens is 421 g/mol. The molecule has 3 rings (SSSR count). The van der Waals surface area contributed by atoms with Crippen LogP contribution in [0.4, 0.5) is 0 Å². The molecule has 0 spiro atoms. The first kappa shape index (κ1) is 20.8. The first-order valence-corrected chi connectivity index (χ1v) is 10.4. The van der Waals surface area contributed by atoms with Crippen LogP contribution in [-0.2, 0) is 0 Å². The Labute approximate surface area is 177 Å². The predicted molar refractivity (Wildman–Crippen MR) is 113 cm³/mol. The van der Waals surface area contributed by atoms with Gasteiger partial charge in [-0.05, 0) is 26.2 Å². The van der Waals surface area contributed by atoms with Crippen LogP contribution in [0, 0.1) is 0 Å². The number of fused-ring (bicyclic) bond motifs is 1. The number of pyridine rings is 1. The highest BCUT2D eigenvalue weighted by molar-refractivity contribution is 7.98. The molecule has 0 aliphatic heterocycles. The second kappa shape index (κ2) is 8.59. The maximum Gasteiger partial charge on any atom is 0.241 e. The lowest BCUT2D eigenvalue weighted by Gasteiger charge is -2.16. The summed E-state index contributed by atoms with van der Waals surface area (Å²) in [5.41, 5.74) is 1.62. The van der Waals surface area contributed by atoms with E-state index in [1.807, 2.05) is 26.2 Å². The molecule has 1 aromatic carbocycles. The largest absolute Gasteiger partial charge is 0.495 e. The lowest BCUT2D eigenvalue weighted by atomic mass is 10.1. The molecular formula is C19H19Cl2N3O3S. The molecule has 0 saturated heterocycles. The predicted octanol–water partition coefficient (Wildman–Crippen LogP) is 5.52. The van der Waals surface area contributed by atoms with Gasteiger partial charge in [0, 0.05) is 23.2 Å². The van der Waals surface area contributed by atoms with Crippen LogP contribution >= 0.6 is 35.0 Å². The summed E-state index contributed by atoms with van der Waals surface area (Å²) in [6.45, 7) is 3.84. The molecule has 0 radical (unpaired) electrons. The zero-order valence-corrected chi connectivity index (χ0v) is 18.4. The van der Waals surface area contributed by atoms with Gasteiger partial charge < -0.3 is 14.2 Å². The van der Waals surface area contributed by atoms with Gasteiger partial charge in [0.05, 0.1) is 36.1 Å². The zero-order chi connectivity index (χ0) is 20.4. The van der Waals surface area contributed by atoms with E-state index in [-0.39, 0.29) is 6.10 Å². The highest BCUT2D eigenvalue weighted by Crippen LogP contribution is 2.46. The van der Waals surface area contributed by atoms with E-state index >= 15 is 0 Å². The number of nitrogens with zero attached hydrogens (tertiary/aromatic N) is 3. The quantitative estimate of drug-likeness (QED) is 0.369. The molecule has 6 nitrogen and oxygen atoms in total. The average molecular weight is 440 g/mol. The lowest BCUT2D eigenvalue weighted by molar-refractivity contribution is 0.235. The van der Waals surface area contributed by atoms with Crippen LogP contribution in [0.5, 0.6) is 17.4 Å². The van der Waals surface area contributed by atoms with Gasteiger partial charge in [-0.3, -0.25) is 0 Å². The van der Waals surface area contributed by atoms with Gasteiger partial charge in [0.1, 0.15) is 17.0 Å². The molecule has 0 N–H and O–H groups in total. The molecule has 0 aliphatic carbocycles. The van der Waals surface area contributed by atoms with E-state index in [1.165, 1.54) is 26.0 Å². The Bertz CT molecular complexity index is 1000. The minimum absolute atomic E-state index is 0.0931. The molecule has 0 aliphatic rings. The number of halogens is 2. The van der Waals surface area contributed by atoms with E-state index in [9.17, 15) is 0 Å². The van der Waals surface area contributed by atoms with Crippen molar-refractivity contribution in [3.05, 3.63) is 28.4 Å². The Morgan fingerprint density at radius 3 is 2.18 bits per heavy atom. The Morgan fingerprint density at radius 1 is 1.00 bits per heavy atom. The Kier molecular flexibility index (Phi) is 6.37. The highest BCUT2D eigenvalue weighted by atomic mass is 35.5. The molecule has 0 atom stereocenters. The van der Waals surface area contributed by atoms with Gasteiger partial charge in [0.2, 0.25) is 5.88 Å². The Morgan fingerprint density at radius 2 is 1.64 bits per heavy atom. The van der Waals surface area contributed by atoms with Crippen LogP contribution in [0.15, 0.2) is 23.5 Å². The molecule has 0 amide bonds. The van der Waals surface area contributed by atoms with Gasteiger partial charge in [-0.2, -0.15) is 0 Å². The number of aromatic nitrogens is 3. The summed E-state index contributed by atoms with van der Waals surface area (Å²) < 4.78 is 16.6. The first-order valence-electron chi connectivity index (χ1n) is 8.38. The van der Waals surface area contributed by atoms with Crippen molar-refractivity contribution in [3.63, 3.8) is 0 Å². The van der Waals surface area contributed by atoms with Crippen LogP contribution in [0.25, 0.3) is 22.2 Å². The smallest absolute Gasteiger partial charge is 0.241 e. The van der Waals surface area contributed by atoms with Crippen molar-refractivity contribution in [1.29, 1.82) is 0 Å². The number of hydrogen-bond acceptors (Lipinski definition) is 7. The van der Waals surface area contributed by atoms with Crippen LogP contribution in [-0.4, -0.2) is 41.5 Å². The SMILES string of the molecule is COc1cc(OC)c(Cl)c(-c2cc3cnc(SC)nc3c(OC(C)C)n2)c1Cl. The van der Waals surface area contributed by atoms with Crippen molar-refractivity contribution in [2.24, 2.45) is 0 Å². The second-order valence-corrected chi connectivity index (χ2v) is 7.59. The van der Waals surface area contributed by atoms with Crippen molar-refractivity contribution in [2.45, 2.75) is 25.1 Å². The second-order valence-electron chi connectivity index (χ2n) is 6.06. The summed E-state index contributed by atoms with van der Waals surface area (Å²) in [5, 5.41) is 2.05. The molecule has 9 heteroatoms. The maximum atomic E-state index is 6.55. The fourth-order valence-electron chi connectivity index (χ4n) is 2.64. The molecule has 3 aromatic rings. The monoisotopic (exact) mass is 439 g/mol. The Hall–Kier alpha value is -1.96. The summed E-state index contributed by atoms with van der Waals surface area (Å²) in [6.07, 6.45) is 3.55. The van der Waals surface area contributed by atoms with Crippen LogP contribution in [0.1, 0.15) is 13.8 Å². The van der Waals surface area contributed by atoms with E-state index in [0.29, 0.717) is 49.4 Å². The summed E-state index contributed by atoms with van der Waals surface area (Å²) in [6, 6.07) is 3.45. The lowest BCUT2D eigenvalue weighted by Crippen LogP contribution is -2.09. The summed E-state index contributed by atoms with van der Waals surface area (Å²) in [5.74, 6) is 1.24. The molecule has 2 aromatic heterocycles. The minimum Gasteiger partial charge on any atom is -0.495 e. The molecule has 0 saturated carbocycles. The topological polar surface area (TPSA) is 66.4 Å². The summed E-state index contributed by atoms with van der Waals surface area (Å²) in [7, 11) is 3.05. The third-order valence-electron chi connectivity index (χ3n) is 3.87. The maximum absolute atomic E-state index is 6.55. The fourth-order valence-corrected chi connectivity index (χ4v) is 3.67. The molecule has 28 heavy (non-hydrogen) atoms. The van der Waals surface area contributed by atoms with E-state index in [0.717, 1.165) is 5.39 Å². The number of thioether (sulfide) groups is 1. The molecule has 0 bridgehead atoms. The van der Waals surface area contributed by atoms with Crippen molar-refractivity contribution in [1.82, 2.24) is 15.0 Å². The van der Waals surface area contributed by atoms with Gasteiger partial charge in [-0.25, -0.2) is 15.0 Å². The summed E-state index contributed by atoms with van der Waals surface area (Å²) in [4.78, 5) is 13.5. The average Bonchev–Trinajstić information content (AvgIpc) is 2.67. The minimum atomic E-state index is -0.0931. The fraction of sp³-hybridized carbons (Fsp3) is 0.316. The molecule has 0 unspecified atom stereocenters. The van der Waals surface area contributed by atoms with E-state index in [2.05, 4.69) is 15.0 Å². The van der Waals surface area contributed by atoms with Gasteiger partial charge >= 0.3 is 0 Å². The third-order valence-corrected chi connectivity index (χ3v) is 5.18. The molecule has 148 valence electrons. The van der Waals surface area contributed by atoms with Crippen LogP contribution < -0.4 is 14.2 Å². The van der Waals surface area contributed by atoms with Crippen molar-refractivity contribution >= 4 is 45.9 Å². The van der Waals surface area contributed by atoms with Gasteiger partial charge in [0.25, 0.3) is 0 Å². The van der Waals surface area contributed by atoms with Crippen LogP contribution in [0.2, 0.25) is 10.0 Å². The number of hydrogen-bond donors (Lipinski definition) is 0. The number of rotatable bonds is 6. The first-order chi connectivity index (χ1) is 13.4. The van der Waals surface area contributed by atoms with Gasteiger partial charge in [-0.1, -0.05) is 35.0 Å². The Balaban J connectivity index is 2.32. The third kappa shape index (κ3) is 3.92. The van der Waals surface area contributed by atoms with Gasteiger partial charge in [0.15, 0.2) is 5.16 Å². The van der Waals surface area contributed by atoms with E-state index in [1.54, 1.807) is 12.3 Å². The zero-order valence-electron chi connectivity index (χ0n) is 16.0. The van der Waals surface area contributed by atoms with Crippen molar-refractivity contribution < 1.29 is 14.2 Å². The highest BCUT2D eigenvalue weighted by Gasteiger charge is 2.22. The number of ether oxygens (including phenoxy) is 3. The van der Waals surface area contributed by atoms with E-state index in [4.69, 9.17) is 37.4 Å². The summed E-state index contributed by atoms with van der Waals surface area (Å²) >= 11 is 14.6. The molecule has 0 fully saturated rings. The normalized spacial score (nSPS) is 11.1. The standard InChI is InChI=1S/C19H19Cl2N3O3S/c1-9(2)27-18-17-10(8-22-19(24-17)28-5)6-11(23-18)14-15(20)12(25-3)7-13(26-4)16(14)21/h6-9H,1-5H3. The number of benzene rings is 1. The van der Waals surface area contributed by atoms with E-state index < -0.39 is 0 Å². The van der Waals surface area contributed by atoms with Gasteiger partial charge in [-0.15, -0.1) is 0 Å².